The Labute approximate surface area is 190 Å². The van der Waals surface area contributed by atoms with Gasteiger partial charge in [-0.05, 0) is 24.3 Å². The number of non-ortho nitro benzene ring substituents is 1. The summed E-state index contributed by atoms with van der Waals surface area (Å²) in [6.45, 7) is 2.29. The number of sulfonamides is 1. The largest absolute Gasteiger partial charge is 0.379 e. The average molecular weight is 479 g/mol. The summed E-state index contributed by atoms with van der Waals surface area (Å²) in [6.07, 6.45) is 0. The highest BCUT2D eigenvalue weighted by Crippen LogP contribution is 2.24. The Hall–Kier alpha value is -3.09. The number of hydrogen-bond acceptors (Lipinski definition) is 7. The molecule has 2 aliphatic rings. The fourth-order valence-corrected chi connectivity index (χ4v) is 5.34. The zero-order chi connectivity index (χ0) is 23.6. The van der Waals surface area contributed by atoms with Crippen LogP contribution in [0.2, 0.25) is 0 Å². The second-order valence-electron chi connectivity index (χ2n) is 7.71. The van der Waals surface area contributed by atoms with Crippen molar-refractivity contribution < 1.29 is 27.3 Å². The van der Waals surface area contributed by atoms with E-state index in [2.05, 4.69) is 0 Å². The Morgan fingerprint density at radius 1 is 1.00 bits per heavy atom. The van der Waals surface area contributed by atoms with Gasteiger partial charge >= 0.3 is 0 Å². The maximum absolute atomic E-state index is 14.5. The predicted octanol–water partition coefficient (Wildman–Crippen LogP) is 1.72. The van der Waals surface area contributed by atoms with Gasteiger partial charge in [-0.3, -0.25) is 14.9 Å². The Bertz CT molecular complexity index is 1160. The summed E-state index contributed by atoms with van der Waals surface area (Å²) in [5.41, 5.74) is 0.348. The molecule has 2 aromatic carbocycles. The minimum Gasteiger partial charge on any atom is -0.379 e. The molecule has 0 N–H and O–H groups in total. The highest BCUT2D eigenvalue weighted by molar-refractivity contribution is 7.89. The first-order valence-electron chi connectivity index (χ1n) is 10.4. The number of anilines is 1. The van der Waals surface area contributed by atoms with Crippen molar-refractivity contribution in [3.05, 3.63) is 64.0 Å². The van der Waals surface area contributed by atoms with E-state index >= 15 is 0 Å². The number of rotatable bonds is 5. The summed E-state index contributed by atoms with van der Waals surface area (Å²) >= 11 is 0. The normalized spacial score (nSPS) is 17.7. The van der Waals surface area contributed by atoms with Crippen molar-refractivity contribution in [2.24, 2.45) is 0 Å². The number of piperazine rings is 1. The number of hydrogen-bond donors (Lipinski definition) is 0. The number of morpholine rings is 1. The number of nitrogens with zero attached hydrogens (tertiary/aromatic N) is 4. The Morgan fingerprint density at radius 2 is 1.70 bits per heavy atom. The third-order valence-electron chi connectivity index (χ3n) is 5.75. The van der Waals surface area contributed by atoms with Gasteiger partial charge in [0.15, 0.2) is 0 Å². The van der Waals surface area contributed by atoms with Gasteiger partial charge in [0.2, 0.25) is 10.0 Å². The van der Waals surface area contributed by atoms with Crippen LogP contribution in [0.1, 0.15) is 10.4 Å². The zero-order valence-electron chi connectivity index (χ0n) is 17.7. The van der Waals surface area contributed by atoms with Crippen molar-refractivity contribution in [3.8, 4) is 0 Å². The van der Waals surface area contributed by atoms with E-state index in [0.717, 1.165) is 18.2 Å². The van der Waals surface area contributed by atoms with Crippen molar-refractivity contribution in [3.63, 3.8) is 0 Å². The summed E-state index contributed by atoms with van der Waals surface area (Å²) in [6, 6.07) is 9.48. The topological polar surface area (TPSA) is 113 Å². The van der Waals surface area contributed by atoms with Crippen LogP contribution >= 0.6 is 0 Å². The molecule has 12 heteroatoms. The van der Waals surface area contributed by atoms with Gasteiger partial charge in [-0.1, -0.05) is 6.07 Å². The highest BCUT2D eigenvalue weighted by atomic mass is 32.2. The lowest BCUT2D eigenvalue weighted by molar-refractivity contribution is -0.384. The Morgan fingerprint density at radius 3 is 2.36 bits per heavy atom. The number of nitro benzene ring substituents is 1. The van der Waals surface area contributed by atoms with Crippen LogP contribution in [0.25, 0.3) is 0 Å². The zero-order valence-corrected chi connectivity index (χ0v) is 18.5. The summed E-state index contributed by atoms with van der Waals surface area (Å²) in [5, 5.41) is 11.0. The molecule has 2 fully saturated rings. The fraction of sp³-hybridized carbons (Fsp3) is 0.381. The second kappa shape index (κ2) is 9.41. The fourth-order valence-electron chi connectivity index (χ4n) is 3.91. The molecule has 1 amide bonds. The van der Waals surface area contributed by atoms with Crippen LogP contribution in [0.3, 0.4) is 0 Å². The van der Waals surface area contributed by atoms with Gasteiger partial charge in [0.1, 0.15) is 5.82 Å². The molecule has 0 bridgehead atoms. The van der Waals surface area contributed by atoms with Crippen LogP contribution in [0, 0.1) is 15.9 Å². The van der Waals surface area contributed by atoms with Gasteiger partial charge in [-0.2, -0.15) is 4.31 Å². The first-order chi connectivity index (χ1) is 15.8. The van der Waals surface area contributed by atoms with Crippen molar-refractivity contribution >= 4 is 27.3 Å². The monoisotopic (exact) mass is 478 g/mol. The minimum absolute atomic E-state index is 0.0219. The summed E-state index contributed by atoms with van der Waals surface area (Å²) < 4.78 is 46.7. The molecule has 2 aliphatic heterocycles. The molecular formula is C21H23FN4O6S. The lowest BCUT2D eigenvalue weighted by Crippen LogP contribution is -2.49. The molecule has 0 aliphatic carbocycles. The van der Waals surface area contributed by atoms with E-state index < -0.39 is 26.7 Å². The third-order valence-corrected chi connectivity index (χ3v) is 7.64. The second-order valence-corrected chi connectivity index (χ2v) is 9.65. The molecule has 0 unspecified atom stereocenters. The molecule has 33 heavy (non-hydrogen) atoms. The number of nitro groups is 1. The lowest BCUT2D eigenvalue weighted by atomic mass is 10.1. The van der Waals surface area contributed by atoms with Gasteiger partial charge in [-0.15, -0.1) is 0 Å². The number of halogens is 1. The first-order valence-corrected chi connectivity index (χ1v) is 11.9. The van der Waals surface area contributed by atoms with Crippen molar-refractivity contribution in [1.29, 1.82) is 0 Å². The minimum atomic E-state index is -3.87. The molecule has 4 rings (SSSR count). The molecule has 10 nitrogen and oxygen atoms in total. The van der Waals surface area contributed by atoms with Crippen LogP contribution in [-0.4, -0.2) is 80.9 Å². The van der Waals surface area contributed by atoms with E-state index in [1.54, 1.807) is 12.1 Å². The number of carbonyl (C=O) groups is 1. The van der Waals surface area contributed by atoms with Crippen LogP contribution in [0.5, 0.6) is 0 Å². The van der Waals surface area contributed by atoms with Crippen molar-refractivity contribution in [2.75, 3.05) is 57.4 Å². The molecular weight excluding hydrogens is 455 g/mol. The number of benzene rings is 2. The molecule has 0 radical (unpaired) electrons. The predicted molar refractivity (Wildman–Crippen MR) is 117 cm³/mol. The Kier molecular flexibility index (Phi) is 6.58. The highest BCUT2D eigenvalue weighted by Gasteiger charge is 2.30. The Balaban J connectivity index is 1.48. The maximum atomic E-state index is 14.5. The quantitative estimate of drug-likeness (QED) is 0.475. The summed E-state index contributed by atoms with van der Waals surface area (Å²) in [7, 11) is -3.87. The van der Waals surface area contributed by atoms with E-state index in [0.29, 0.717) is 18.8 Å². The van der Waals surface area contributed by atoms with E-state index in [1.807, 2.05) is 4.90 Å². The number of amides is 1. The van der Waals surface area contributed by atoms with Crippen LogP contribution in [0.15, 0.2) is 47.4 Å². The van der Waals surface area contributed by atoms with E-state index in [1.165, 1.54) is 21.3 Å². The van der Waals surface area contributed by atoms with Crippen LogP contribution in [-0.2, 0) is 14.8 Å². The molecule has 2 aromatic rings. The third kappa shape index (κ3) is 4.82. The number of ether oxygens (including phenoxy) is 1. The van der Waals surface area contributed by atoms with E-state index in [9.17, 15) is 27.7 Å². The molecule has 0 atom stereocenters. The standard InChI is InChI=1S/C21H23FN4O6S/c22-20-5-4-18(33(30,31)25-10-12-32-13-11-25)15-19(20)21(27)24-8-6-23(7-9-24)16-2-1-3-17(14-16)26(28)29/h1-5,14-15H,6-13H2. The van der Waals surface area contributed by atoms with Crippen LogP contribution in [0.4, 0.5) is 15.8 Å². The van der Waals surface area contributed by atoms with E-state index in [4.69, 9.17) is 4.74 Å². The maximum Gasteiger partial charge on any atom is 0.271 e. The van der Waals surface area contributed by atoms with Gasteiger partial charge in [0.05, 0.1) is 28.6 Å². The molecule has 176 valence electrons. The van der Waals surface area contributed by atoms with Crippen molar-refractivity contribution in [1.82, 2.24) is 9.21 Å². The summed E-state index contributed by atoms with van der Waals surface area (Å²) in [5.74, 6) is -1.38. The summed E-state index contributed by atoms with van der Waals surface area (Å²) in [4.78, 5) is 26.8. The lowest BCUT2D eigenvalue weighted by Gasteiger charge is -2.36. The van der Waals surface area contributed by atoms with Crippen LogP contribution < -0.4 is 4.90 Å². The van der Waals surface area contributed by atoms with E-state index in [-0.39, 0.29) is 55.5 Å². The molecule has 0 spiro atoms. The van der Waals surface area contributed by atoms with Gasteiger partial charge in [0, 0.05) is 57.1 Å². The number of carbonyl (C=O) groups excluding carboxylic acids is 1. The molecule has 2 saturated heterocycles. The molecule has 0 aromatic heterocycles. The first kappa shape index (κ1) is 23.1. The van der Waals surface area contributed by atoms with Crippen molar-refractivity contribution in [2.45, 2.75) is 4.90 Å². The molecule has 0 saturated carbocycles. The average Bonchev–Trinajstić information content (AvgIpc) is 2.84. The smallest absolute Gasteiger partial charge is 0.271 e. The van der Waals surface area contributed by atoms with Gasteiger partial charge in [-0.25, -0.2) is 12.8 Å². The molecule has 2 heterocycles. The van der Waals surface area contributed by atoms with Gasteiger partial charge in [0.25, 0.3) is 11.6 Å². The van der Waals surface area contributed by atoms with Gasteiger partial charge < -0.3 is 14.5 Å². The SMILES string of the molecule is O=C(c1cc(S(=O)(=O)N2CCOCC2)ccc1F)N1CCN(c2cccc([N+](=O)[O-])c2)CC1.